The van der Waals surface area contributed by atoms with Crippen LogP contribution in [0.4, 0.5) is 5.95 Å². The quantitative estimate of drug-likeness (QED) is 0.690. The predicted octanol–water partition coefficient (Wildman–Crippen LogP) is 4.29. The molecular weight excluding hydrogens is 386 g/mol. The molecule has 5 rings (SSSR count). The van der Waals surface area contributed by atoms with Gasteiger partial charge in [0.15, 0.2) is 0 Å². The number of aromatic amines is 1. The van der Waals surface area contributed by atoms with Crippen LogP contribution >= 0.6 is 0 Å². The van der Waals surface area contributed by atoms with E-state index in [0.29, 0.717) is 12.5 Å². The number of hydrogen-bond acceptors (Lipinski definition) is 4. The number of carbonyl (C=O) groups is 1. The summed E-state index contributed by atoms with van der Waals surface area (Å²) in [6.07, 6.45) is 7.80. The average Bonchev–Trinajstić information content (AvgIpc) is 3.16. The van der Waals surface area contributed by atoms with Crippen molar-refractivity contribution in [1.29, 1.82) is 0 Å². The maximum atomic E-state index is 13.6. The molecular formula is C25H31N5O. The Morgan fingerprint density at radius 2 is 1.90 bits per heavy atom. The first-order chi connectivity index (χ1) is 14.9. The third-order valence-corrected chi connectivity index (χ3v) is 7.32. The van der Waals surface area contributed by atoms with Crippen LogP contribution < -0.4 is 4.90 Å². The number of anilines is 1. The van der Waals surface area contributed by atoms with Crippen molar-refractivity contribution < 1.29 is 4.79 Å². The number of rotatable bonds is 3. The second-order valence-electron chi connectivity index (χ2n) is 9.40. The Kier molecular flexibility index (Phi) is 4.95. The average molecular weight is 418 g/mol. The highest BCUT2D eigenvalue weighted by molar-refractivity contribution is 5.86. The fourth-order valence-electron chi connectivity index (χ4n) is 5.20. The van der Waals surface area contributed by atoms with Gasteiger partial charge in [-0.15, -0.1) is 0 Å². The standard InChI is InChI=1S/C25H31N5O/c1-17-5-6-22-21(13-17)20(15-26-22)16-30-10-4-7-25(23(30)31)8-11-29(12-9-25)24-27-14-18(2)19(3)28-24/h5-6,13-15,26H,4,7-12,16H2,1-3H3. The Bertz CT molecular complexity index is 1130. The monoisotopic (exact) mass is 417 g/mol. The molecule has 0 unspecified atom stereocenters. The molecule has 3 aromatic rings. The lowest BCUT2D eigenvalue weighted by atomic mass is 9.71. The molecule has 6 nitrogen and oxygen atoms in total. The molecule has 2 aromatic heterocycles. The summed E-state index contributed by atoms with van der Waals surface area (Å²) in [5.41, 5.74) is 5.51. The van der Waals surface area contributed by atoms with Crippen molar-refractivity contribution in [2.75, 3.05) is 24.5 Å². The zero-order valence-corrected chi connectivity index (χ0v) is 18.7. The number of amides is 1. The second-order valence-corrected chi connectivity index (χ2v) is 9.40. The lowest BCUT2D eigenvalue weighted by Gasteiger charge is -2.46. The number of H-pyrrole nitrogens is 1. The van der Waals surface area contributed by atoms with E-state index in [0.717, 1.165) is 68.0 Å². The van der Waals surface area contributed by atoms with Crippen LogP contribution in [0.5, 0.6) is 0 Å². The van der Waals surface area contributed by atoms with Gasteiger partial charge in [-0.25, -0.2) is 9.97 Å². The number of carbonyl (C=O) groups excluding carboxylic acids is 1. The Labute approximate surface area is 183 Å². The highest BCUT2D eigenvalue weighted by Gasteiger charge is 2.46. The minimum Gasteiger partial charge on any atom is -0.361 e. The van der Waals surface area contributed by atoms with E-state index in [2.05, 4.69) is 56.1 Å². The van der Waals surface area contributed by atoms with Crippen LogP contribution in [0.3, 0.4) is 0 Å². The molecule has 0 atom stereocenters. The van der Waals surface area contributed by atoms with Gasteiger partial charge in [-0.2, -0.15) is 0 Å². The van der Waals surface area contributed by atoms with Crippen LogP contribution in [0, 0.1) is 26.2 Å². The van der Waals surface area contributed by atoms with Crippen molar-refractivity contribution in [3.8, 4) is 0 Å². The summed E-state index contributed by atoms with van der Waals surface area (Å²) in [6, 6.07) is 6.46. The molecule has 1 aromatic carbocycles. The van der Waals surface area contributed by atoms with Crippen molar-refractivity contribution in [3.63, 3.8) is 0 Å². The van der Waals surface area contributed by atoms with Gasteiger partial charge in [-0.1, -0.05) is 11.6 Å². The fourth-order valence-corrected chi connectivity index (χ4v) is 5.20. The number of fused-ring (bicyclic) bond motifs is 1. The first kappa shape index (κ1) is 20.0. The molecule has 6 heteroatoms. The number of hydrogen-bond donors (Lipinski definition) is 1. The SMILES string of the molecule is Cc1ccc2[nH]cc(CN3CCCC4(CCN(c5ncc(C)c(C)n5)CC4)C3=O)c2c1. The van der Waals surface area contributed by atoms with Gasteiger partial charge in [0.2, 0.25) is 11.9 Å². The summed E-state index contributed by atoms with van der Waals surface area (Å²) < 4.78 is 0. The summed E-state index contributed by atoms with van der Waals surface area (Å²) >= 11 is 0. The first-order valence-electron chi connectivity index (χ1n) is 11.4. The second kappa shape index (κ2) is 7.66. The lowest BCUT2D eigenvalue weighted by molar-refractivity contribution is -0.148. The van der Waals surface area contributed by atoms with Crippen molar-refractivity contribution in [3.05, 3.63) is 53.0 Å². The molecule has 162 valence electrons. The van der Waals surface area contributed by atoms with E-state index in [-0.39, 0.29) is 5.41 Å². The molecule has 0 radical (unpaired) electrons. The molecule has 2 fully saturated rings. The van der Waals surface area contributed by atoms with Gasteiger partial charge in [-0.05, 0) is 69.7 Å². The van der Waals surface area contributed by atoms with Crippen LogP contribution in [-0.2, 0) is 11.3 Å². The number of nitrogens with zero attached hydrogens (tertiary/aromatic N) is 4. The number of benzene rings is 1. The molecule has 0 aliphatic carbocycles. The van der Waals surface area contributed by atoms with Gasteiger partial charge in [0.25, 0.3) is 0 Å². The van der Waals surface area contributed by atoms with Gasteiger partial charge in [0.1, 0.15) is 0 Å². The van der Waals surface area contributed by atoms with Crippen molar-refractivity contribution in [1.82, 2.24) is 19.9 Å². The summed E-state index contributed by atoms with van der Waals surface area (Å²) in [5.74, 6) is 1.13. The minimum absolute atomic E-state index is 0.226. The van der Waals surface area contributed by atoms with Gasteiger partial charge in [-0.3, -0.25) is 4.79 Å². The third kappa shape index (κ3) is 3.58. The van der Waals surface area contributed by atoms with Crippen LogP contribution in [0.25, 0.3) is 10.9 Å². The van der Waals surface area contributed by atoms with Gasteiger partial charge in [0, 0.05) is 55.2 Å². The summed E-state index contributed by atoms with van der Waals surface area (Å²) in [7, 11) is 0. The van der Waals surface area contributed by atoms with E-state index in [9.17, 15) is 4.79 Å². The van der Waals surface area contributed by atoms with E-state index in [1.54, 1.807) is 0 Å². The van der Waals surface area contributed by atoms with Crippen LogP contribution in [-0.4, -0.2) is 45.4 Å². The smallest absolute Gasteiger partial charge is 0.229 e. The van der Waals surface area contributed by atoms with E-state index >= 15 is 0 Å². The van der Waals surface area contributed by atoms with Crippen molar-refractivity contribution in [2.24, 2.45) is 5.41 Å². The molecule has 0 bridgehead atoms. The molecule has 2 aliphatic rings. The Hall–Kier alpha value is -2.89. The number of aromatic nitrogens is 3. The molecule has 1 N–H and O–H groups in total. The van der Waals surface area contributed by atoms with Crippen LogP contribution in [0.2, 0.25) is 0 Å². The Morgan fingerprint density at radius 3 is 2.68 bits per heavy atom. The topological polar surface area (TPSA) is 65.1 Å². The van der Waals surface area contributed by atoms with Crippen molar-refractivity contribution >= 4 is 22.8 Å². The highest BCUT2D eigenvalue weighted by Crippen LogP contribution is 2.42. The summed E-state index contributed by atoms with van der Waals surface area (Å²) in [6.45, 7) is 9.40. The summed E-state index contributed by atoms with van der Waals surface area (Å²) in [4.78, 5) is 30.5. The maximum Gasteiger partial charge on any atom is 0.229 e. The van der Waals surface area contributed by atoms with Crippen LogP contribution in [0.1, 0.15) is 48.1 Å². The normalized spacial score (nSPS) is 18.9. The molecule has 1 amide bonds. The largest absolute Gasteiger partial charge is 0.361 e. The van der Waals surface area contributed by atoms with Gasteiger partial charge < -0.3 is 14.8 Å². The number of likely N-dealkylation sites (tertiary alicyclic amines) is 1. The maximum absolute atomic E-state index is 13.6. The van der Waals surface area contributed by atoms with E-state index in [1.807, 2.05) is 20.0 Å². The summed E-state index contributed by atoms with van der Waals surface area (Å²) in [5, 5.41) is 1.23. The zero-order chi connectivity index (χ0) is 21.6. The molecule has 1 spiro atoms. The molecule has 4 heterocycles. The van der Waals surface area contributed by atoms with Crippen molar-refractivity contribution in [2.45, 2.75) is 53.0 Å². The number of aryl methyl sites for hydroxylation is 3. The fraction of sp³-hybridized carbons (Fsp3) is 0.480. The number of nitrogens with one attached hydrogen (secondary N) is 1. The Morgan fingerprint density at radius 1 is 1.10 bits per heavy atom. The molecule has 2 saturated heterocycles. The molecule has 0 saturated carbocycles. The van der Waals surface area contributed by atoms with E-state index in [4.69, 9.17) is 0 Å². The third-order valence-electron chi connectivity index (χ3n) is 7.32. The van der Waals surface area contributed by atoms with E-state index in [1.165, 1.54) is 16.5 Å². The number of piperidine rings is 2. The molecule has 31 heavy (non-hydrogen) atoms. The van der Waals surface area contributed by atoms with Crippen LogP contribution in [0.15, 0.2) is 30.6 Å². The van der Waals surface area contributed by atoms with Gasteiger partial charge in [0.05, 0.1) is 5.41 Å². The lowest BCUT2D eigenvalue weighted by Crippen LogP contribution is -2.53. The Balaban J connectivity index is 1.31. The minimum atomic E-state index is -0.226. The highest BCUT2D eigenvalue weighted by atomic mass is 16.2. The first-order valence-corrected chi connectivity index (χ1v) is 11.4. The predicted molar refractivity (Wildman–Crippen MR) is 123 cm³/mol. The van der Waals surface area contributed by atoms with E-state index < -0.39 is 0 Å². The van der Waals surface area contributed by atoms with Gasteiger partial charge >= 0.3 is 0 Å². The zero-order valence-electron chi connectivity index (χ0n) is 18.7. The molecule has 2 aliphatic heterocycles.